The molecule has 0 aliphatic rings. The van der Waals surface area contributed by atoms with Crippen molar-refractivity contribution >= 4 is 35.4 Å². The van der Waals surface area contributed by atoms with E-state index < -0.39 is 4.92 Å². The largest absolute Gasteiger partial charge is 0.504 e. The van der Waals surface area contributed by atoms with Crippen LogP contribution in [0.15, 0.2) is 52.7 Å². The first kappa shape index (κ1) is 20.8. The Morgan fingerprint density at radius 1 is 1.40 bits per heavy atom. The molecular formula is C18H16N6O5S. The van der Waals surface area contributed by atoms with Gasteiger partial charge in [-0.1, -0.05) is 42.1 Å². The second-order valence-corrected chi connectivity index (χ2v) is 6.70. The summed E-state index contributed by atoms with van der Waals surface area (Å²) in [6.45, 7) is 0. The van der Waals surface area contributed by atoms with E-state index >= 15 is 0 Å². The zero-order valence-electron chi connectivity index (χ0n) is 15.6. The number of hydrogen-bond donors (Lipinski definition) is 3. The number of Topliss-reactive ketones (excluding diaryl/α,β-unsaturated/α-hetero) is 1. The van der Waals surface area contributed by atoms with Crippen molar-refractivity contribution in [1.82, 2.24) is 15.2 Å². The lowest BCUT2D eigenvalue weighted by atomic mass is 10.1. The minimum atomic E-state index is -0.645. The summed E-state index contributed by atoms with van der Waals surface area (Å²) in [7, 11) is 1.33. The molecule has 0 radical (unpaired) electrons. The van der Waals surface area contributed by atoms with Crippen LogP contribution in [-0.2, 0) is 0 Å². The SMILES string of the molecule is COc1cc(/C=N/Nc2nc(SCC(=O)c3ccccc3)n[nH]2)c([N+](=O)[O-])cc1O. The summed E-state index contributed by atoms with van der Waals surface area (Å²) in [5.41, 5.74) is 2.95. The molecule has 12 heteroatoms. The number of anilines is 1. The average Bonchev–Trinajstić information content (AvgIpc) is 3.21. The van der Waals surface area contributed by atoms with Crippen molar-refractivity contribution < 1.29 is 19.6 Å². The number of nitro groups is 1. The van der Waals surface area contributed by atoms with Gasteiger partial charge in [0.2, 0.25) is 11.1 Å². The molecule has 3 aromatic rings. The number of carbonyl (C=O) groups excluding carboxylic acids is 1. The molecule has 0 unspecified atom stereocenters. The Labute approximate surface area is 174 Å². The number of aromatic nitrogens is 3. The van der Waals surface area contributed by atoms with Crippen LogP contribution < -0.4 is 10.2 Å². The van der Waals surface area contributed by atoms with Gasteiger partial charge in [-0.3, -0.25) is 14.9 Å². The molecule has 0 bridgehead atoms. The van der Waals surface area contributed by atoms with E-state index in [1.54, 1.807) is 24.3 Å². The van der Waals surface area contributed by atoms with Gasteiger partial charge in [0.1, 0.15) is 0 Å². The number of hydrogen-bond acceptors (Lipinski definition) is 10. The molecule has 2 aromatic carbocycles. The predicted molar refractivity (Wildman–Crippen MR) is 110 cm³/mol. The van der Waals surface area contributed by atoms with Crippen LogP contribution in [0, 0.1) is 10.1 Å². The molecule has 0 aliphatic heterocycles. The number of hydrazone groups is 1. The second-order valence-electron chi connectivity index (χ2n) is 5.75. The fourth-order valence-electron chi connectivity index (χ4n) is 2.36. The number of benzene rings is 2. The fourth-order valence-corrected chi connectivity index (χ4v) is 3.05. The normalized spacial score (nSPS) is 10.8. The van der Waals surface area contributed by atoms with Crippen molar-refractivity contribution in [1.29, 1.82) is 0 Å². The summed E-state index contributed by atoms with van der Waals surface area (Å²) in [4.78, 5) is 26.7. The molecule has 0 spiro atoms. The minimum absolute atomic E-state index is 0.0495. The Morgan fingerprint density at radius 2 is 2.17 bits per heavy atom. The van der Waals surface area contributed by atoms with Crippen molar-refractivity contribution in [3.63, 3.8) is 0 Å². The highest BCUT2D eigenvalue weighted by molar-refractivity contribution is 7.99. The number of nitrogens with one attached hydrogen (secondary N) is 2. The number of aromatic hydroxyl groups is 1. The van der Waals surface area contributed by atoms with Gasteiger partial charge in [-0.2, -0.15) is 10.1 Å². The van der Waals surface area contributed by atoms with Crippen LogP contribution in [-0.4, -0.2) is 50.1 Å². The summed E-state index contributed by atoms with van der Waals surface area (Å²) in [6.07, 6.45) is 1.19. The number of methoxy groups -OCH3 is 1. The van der Waals surface area contributed by atoms with Crippen LogP contribution in [0.3, 0.4) is 0 Å². The Morgan fingerprint density at radius 3 is 2.87 bits per heavy atom. The van der Waals surface area contributed by atoms with Crippen molar-refractivity contribution in [3.05, 3.63) is 63.7 Å². The predicted octanol–water partition coefficient (Wildman–Crippen LogP) is 2.85. The molecule has 30 heavy (non-hydrogen) atoms. The summed E-state index contributed by atoms with van der Waals surface area (Å²) in [5.74, 6) is 0.0323. The van der Waals surface area contributed by atoms with Gasteiger partial charge in [-0.25, -0.2) is 10.5 Å². The number of nitro benzene ring substituents is 1. The van der Waals surface area contributed by atoms with Crippen LogP contribution in [0.5, 0.6) is 11.5 Å². The van der Waals surface area contributed by atoms with E-state index in [1.807, 2.05) is 6.07 Å². The van der Waals surface area contributed by atoms with E-state index in [0.29, 0.717) is 10.7 Å². The molecule has 3 N–H and O–H groups in total. The molecule has 1 aromatic heterocycles. The smallest absolute Gasteiger partial charge is 0.282 e. The number of phenolic OH excluding ortho intramolecular Hbond substituents is 1. The third-order valence-electron chi connectivity index (χ3n) is 3.79. The van der Waals surface area contributed by atoms with Crippen molar-refractivity contribution in [2.45, 2.75) is 5.16 Å². The van der Waals surface area contributed by atoms with Gasteiger partial charge >= 0.3 is 0 Å². The van der Waals surface area contributed by atoms with E-state index in [-0.39, 0.29) is 40.2 Å². The number of rotatable bonds is 9. The topological polar surface area (TPSA) is 156 Å². The number of aromatic amines is 1. The highest BCUT2D eigenvalue weighted by Gasteiger charge is 2.17. The van der Waals surface area contributed by atoms with Gasteiger partial charge in [0.05, 0.1) is 35.6 Å². The summed E-state index contributed by atoms with van der Waals surface area (Å²) >= 11 is 1.16. The summed E-state index contributed by atoms with van der Waals surface area (Å²) < 4.78 is 4.95. The van der Waals surface area contributed by atoms with Gasteiger partial charge in [0, 0.05) is 5.56 Å². The van der Waals surface area contributed by atoms with Crippen molar-refractivity contribution in [2.24, 2.45) is 5.10 Å². The molecule has 0 aliphatic carbocycles. The monoisotopic (exact) mass is 428 g/mol. The minimum Gasteiger partial charge on any atom is -0.504 e. The van der Waals surface area contributed by atoms with Gasteiger partial charge in [0.25, 0.3) is 5.69 Å². The first-order chi connectivity index (χ1) is 14.5. The van der Waals surface area contributed by atoms with Crippen molar-refractivity contribution in [2.75, 3.05) is 18.3 Å². The van der Waals surface area contributed by atoms with Crippen LogP contribution in [0.1, 0.15) is 15.9 Å². The lowest BCUT2D eigenvalue weighted by Crippen LogP contribution is -2.02. The number of phenols is 1. The maximum Gasteiger partial charge on any atom is 0.282 e. The first-order valence-electron chi connectivity index (χ1n) is 8.46. The molecule has 0 atom stereocenters. The highest BCUT2D eigenvalue weighted by atomic mass is 32.2. The first-order valence-corrected chi connectivity index (χ1v) is 9.44. The Kier molecular flexibility index (Phi) is 6.60. The van der Waals surface area contributed by atoms with Gasteiger partial charge < -0.3 is 9.84 Å². The molecule has 0 saturated heterocycles. The maximum atomic E-state index is 12.1. The average molecular weight is 428 g/mol. The van der Waals surface area contributed by atoms with E-state index in [1.165, 1.54) is 19.4 Å². The van der Waals surface area contributed by atoms with E-state index in [0.717, 1.165) is 17.8 Å². The summed E-state index contributed by atoms with van der Waals surface area (Å²) in [5, 5.41) is 31.7. The lowest BCUT2D eigenvalue weighted by Gasteiger charge is -2.04. The molecule has 11 nitrogen and oxygen atoms in total. The van der Waals surface area contributed by atoms with Gasteiger partial charge in [-0.15, -0.1) is 5.10 Å². The van der Waals surface area contributed by atoms with Crippen LogP contribution >= 0.6 is 11.8 Å². The standard InChI is InChI=1S/C18H16N6O5S/c1-29-16-7-12(13(24(27)28)8-14(16)25)9-19-21-17-20-18(23-22-17)30-10-15(26)11-5-3-2-4-6-11/h2-9,25H,10H2,1H3,(H2,20,21,22,23)/b19-9+. The number of ketones is 1. The quantitative estimate of drug-likeness (QED) is 0.153. The highest BCUT2D eigenvalue weighted by Crippen LogP contribution is 2.32. The fraction of sp³-hybridized carbons (Fsp3) is 0.111. The van der Waals surface area contributed by atoms with Gasteiger partial charge in [-0.05, 0) is 6.07 Å². The molecular weight excluding hydrogens is 412 g/mol. The molecule has 0 saturated carbocycles. The lowest BCUT2D eigenvalue weighted by molar-refractivity contribution is -0.385. The third kappa shape index (κ3) is 5.11. The van der Waals surface area contributed by atoms with E-state index in [4.69, 9.17) is 4.74 Å². The summed E-state index contributed by atoms with van der Waals surface area (Å²) in [6, 6.07) is 11.2. The second kappa shape index (κ2) is 9.52. The zero-order valence-corrected chi connectivity index (χ0v) is 16.4. The zero-order chi connectivity index (χ0) is 21.5. The van der Waals surface area contributed by atoms with Gasteiger partial charge in [0.15, 0.2) is 17.3 Å². The van der Waals surface area contributed by atoms with Crippen LogP contribution in [0.2, 0.25) is 0 Å². The number of H-pyrrole nitrogens is 1. The Hall–Kier alpha value is -3.93. The molecule has 0 fully saturated rings. The number of carbonyl (C=O) groups is 1. The number of thioether (sulfide) groups is 1. The van der Waals surface area contributed by atoms with E-state index in [9.17, 15) is 20.0 Å². The number of ether oxygens (including phenoxy) is 1. The Bertz CT molecular complexity index is 1090. The molecule has 0 amide bonds. The maximum absolute atomic E-state index is 12.1. The Balaban J connectivity index is 1.62. The van der Waals surface area contributed by atoms with Crippen LogP contribution in [0.25, 0.3) is 0 Å². The van der Waals surface area contributed by atoms with Crippen molar-refractivity contribution in [3.8, 4) is 11.5 Å². The third-order valence-corrected chi connectivity index (χ3v) is 4.64. The molecule has 3 rings (SSSR count). The molecule has 1 heterocycles. The van der Waals surface area contributed by atoms with Crippen LogP contribution in [0.4, 0.5) is 11.6 Å². The molecule has 154 valence electrons. The number of nitrogens with zero attached hydrogens (tertiary/aromatic N) is 4. The van der Waals surface area contributed by atoms with E-state index in [2.05, 4.69) is 25.7 Å².